The zero-order chi connectivity index (χ0) is 41.0. The van der Waals surface area contributed by atoms with E-state index in [-0.39, 0.29) is 19.5 Å². The van der Waals surface area contributed by atoms with E-state index in [4.69, 9.17) is 0 Å². The Hall–Kier alpha value is 0.383. The van der Waals surface area contributed by atoms with Crippen LogP contribution in [0.5, 0.6) is 0 Å². The van der Waals surface area contributed by atoms with Crippen molar-refractivity contribution in [2.45, 2.75) is 186 Å². The molecule has 0 spiro atoms. The molecule has 5 atom stereocenters. The Morgan fingerprint density at radius 3 is 1.40 bits per heavy atom. The van der Waals surface area contributed by atoms with Crippen LogP contribution in [0, 0.1) is 40.9 Å². The first-order valence-corrected chi connectivity index (χ1v) is 23.3. The van der Waals surface area contributed by atoms with E-state index in [1.54, 1.807) is 5.92 Å². The fourth-order valence-electron chi connectivity index (χ4n) is 9.10. The van der Waals surface area contributed by atoms with E-state index < -0.39 is 0 Å². The van der Waals surface area contributed by atoms with Crippen molar-refractivity contribution in [3.63, 3.8) is 0 Å². The van der Waals surface area contributed by atoms with Gasteiger partial charge in [0.1, 0.15) is 0 Å². The molecule has 55 heavy (non-hydrogen) atoms. The zero-order valence-electron chi connectivity index (χ0n) is 40.4. The summed E-state index contributed by atoms with van der Waals surface area (Å²) in [6, 6.07) is 3.00. The van der Waals surface area contributed by atoms with Crippen molar-refractivity contribution in [1.82, 2.24) is 29.4 Å². The van der Waals surface area contributed by atoms with Crippen LogP contribution in [0.2, 0.25) is 0 Å². The van der Waals surface area contributed by atoms with Gasteiger partial charge in [-0.1, -0.05) is 40.5 Å². The van der Waals surface area contributed by atoms with Gasteiger partial charge in [-0.15, -0.1) is 0 Å². The topological polar surface area (TPSA) is 19.4 Å². The van der Waals surface area contributed by atoms with Crippen LogP contribution in [-0.4, -0.2) is 145 Å². The van der Waals surface area contributed by atoms with E-state index in [0.29, 0.717) is 5.54 Å². The van der Waals surface area contributed by atoms with Gasteiger partial charge < -0.3 is 30.4 Å². The van der Waals surface area contributed by atoms with Crippen LogP contribution >= 0.6 is 0 Å². The van der Waals surface area contributed by atoms with E-state index >= 15 is 0 Å². The van der Waals surface area contributed by atoms with Gasteiger partial charge in [-0.3, -0.25) is 4.90 Å². The fourth-order valence-corrected chi connectivity index (χ4v) is 9.10. The summed E-state index contributed by atoms with van der Waals surface area (Å²) < 4.78 is 0. The molecule has 0 bridgehead atoms. The van der Waals surface area contributed by atoms with Crippen LogP contribution in [0.3, 0.4) is 0 Å². The second kappa shape index (κ2) is 25.2. The Morgan fingerprint density at radius 1 is 0.618 bits per heavy atom. The third kappa shape index (κ3) is 19.1. The van der Waals surface area contributed by atoms with Crippen LogP contribution in [0.4, 0.5) is 0 Å². The monoisotopic (exact) mass is 863 g/mol. The molecule has 6 aliphatic rings. The summed E-state index contributed by atoms with van der Waals surface area (Å²) >= 11 is 0. The largest absolute Gasteiger partial charge is 0.315 e. The van der Waals surface area contributed by atoms with Crippen LogP contribution in [0.1, 0.15) is 156 Å². The van der Waals surface area contributed by atoms with Gasteiger partial charge in [0.2, 0.25) is 0 Å². The Kier molecular flexibility index (Phi) is 24.5. The molecule has 5 saturated heterocycles. The molecule has 0 aromatic heterocycles. The maximum absolute atomic E-state index is 2.63. The fraction of sp³-hybridized carbons (Fsp3) is 0.979. The summed E-state index contributed by atoms with van der Waals surface area (Å²) in [5.41, 5.74) is 1.12. The zero-order valence-corrected chi connectivity index (χ0v) is 42.1. The minimum absolute atomic E-state index is 0. The average molecular weight is 863 g/mol. The van der Waals surface area contributed by atoms with E-state index in [1.165, 1.54) is 117 Å². The van der Waals surface area contributed by atoms with Crippen molar-refractivity contribution in [3.05, 3.63) is 5.92 Å². The molecule has 5 heterocycles. The minimum atomic E-state index is 0. The molecule has 1 radical (unpaired) electrons. The molecular formula is C48H99N6Rh-. The predicted octanol–water partition coefficient (Wildman–Crippen LogP) is 9.99. The molecule has 0 amide bonds. The van der Waals surface area contributed by atoms with Crippen molar-refractivity contribution in [2.24, 2.45) is 35.0 Å². The molecule has 6 rings (SSSR count). The average Bonchev–Trinajstić information content (AvgIpc) is 3.65. The first kappa shape index (κ1) is 53.4. The maximum Gasteiger partial charge on any atom is 0.0126 e. The Balaban J connectivity index is 0.000000343. The number of hydrogen-bond donors (Lipinski definition) is 0. The predicted molar refractivity (Wildman–Crippen MR) is 241 cm³/mol. The van der Waals surface area contributed by atoms with Gasteiger partial charge in [-0.05, 0) is 164 Å². The van der Waals surface area contributed by atoms with E-state index in [2.05, 4.69) is 154 Å². The van der Waals surface area contributed by atoms with Gasteiger partial charge in [0.15, 0.2) is 0 Å². The van der Waals surface area contributed by atoms with E-state index in [1.807, 2.05) is 0 Å². The summed E-state index contributed by atoms with van der Waals surface area (Å²) in [5, 5.41) is 0. The van der Waals surface area contributed by atoms with Gasteiger partial charge in [0.05, 0.1) is 0 Å². The van der Waals surface area contributed by atoms with Crippen molar-refractivity contribution in [2.75, 3.05) is 85.6 Å². The van der Waals surface area contributed by atoms with Gasteiger partial charge >= 0.3 is 0 Å². The van der Waals surface area contributed by atoms with Gasteiger partial charge in [-0.2, -0.15) is 19.8 Å². The molecule has 5 unspecified atom stereocenters. The molecular weight excluding hydrogens is 763 g/mol. The normalized spacial score (nSPS) is 29.4. The number of piperazine rings is 1. The molecule has 0 aromatic rings. The summed E-state index contributed by atoms with van der Waals surface area (Å²) in [5.74, 6) is 6.30. The number of rotatable bonds is 7. The van der Waals surface area contributed by atoms with Gasteiger partial charge in [-0.25, -0.2) is 0 Å². The second-order valence-electron chi connectivity index (χ2n) is 21.5. The third-order valence-corrected chi connectivity index (χ3v) is 14.4. The number of likely N-dealkylation sites (N-methyl/N-ethyl adjacent to an activating group) is 1. The number of nitrogens with zero attached hydrogens (tertiary/aromatic N) is 6. The quantitative estimate of drug-likeness (QED) is 0.186. The maximum atomic E-state index is 2.63. The minimum Gasteiger partial charge on any atom is -0.315 e. The Morgan fingerprint density at radius 2 is 1.09 bits per heavy atom. The molecule has 0 N–H and O–H groups in total. The summed E-state index contributed by atoms with van der Waals surface area (Å²) in [4.78, 5) is 15.3. The molecule has 1 saturated carbocycles. The summed E-state index contributed by atoms with van der Waals surface area (Å²) in [7, 11) is 2.19. The first-order chi connectivity index (χ1) is 25.1. The second-order valence-corrected chi connectivity index (χ2v) is 21.5. The molecule has 7 heteroatoms. The first-order valence-electron chi connectivity index (χ1n) is 23.3. The van der Waals surface area contributed by atoms with Crippen molar-refractivity contribution >= 4 is 0 Å². The van der Waals surface area contributed by atoms with E-state index in [9.17, 15) is 0 Å². The summed E-state index contributed by atoms with van der Waals surface area (Å²) in [6.07, 6.45) is 8.56. The van der Waals surface area contributed by atoms with Crippen LogP contribution in [0.15, 0.2) is 0 Å². The van der Waals surface area contributed by atoms with Crippen molar-refractivity contribution < 1.29 is 19.5 Å². The smallest absolute Gasteiger partial charge is 0.0126 e. The molecule has 6 nitrogen and oxygen atoms in total. The van der Waals surface area contributed by atoms with Gasteiger partial charge in [0, 0.05) is 102 Å². The van der Waals surface area contributed by atoms with Crippen LogP contribution < -0.4 is 0 Å². The molecule has 0 aromatic carbocycles. The van der Waals surface area contributed by atoms with E-state index in [0.717, 1.165) is 59.2 Å². The van der Waals surface area contributed by atoms with Gasteiger partial charge in [0.25, 0.3) is 0 Å². The van der Waals surface area contributed by atoms with Crippen molar-refractivity contribution in [3.8, 4) is 0 Å². The number of likely N-dealkylation sites (tertiary alicyclic amines) is 4. The standard InChI is InChI=1S/C11H21N.C10H20N.C10H21N.C9H20N2.C8H17N.Rh/c1-9(2)12-7-4-10(8-12)11(3)5-6-11;1-8(2)10-5-6-11(7-10)9(3)4;1-5-10-7-11(8(2)3)6-9(10)4;1-9(2,3)11-7-5-10(4)6-8-11;1-7(2)9-5-4-8(3)6-9;/h9-10H,4-8H2,1-3H3;9-10H,5-7H2,1-4H3;8-10H,5-7H2,1-4H3;5-8H2,1-4H3;7-8H,4-6H2,1-3H3;/q;-1;;;;. The van der Waals surface area contributed by atoms with Crippen LogP contribution in [-0.2, 0) is 19.5 Å². The summed E-state index contributed by atoms with van der Waals surface area (Å²) in [6.45, 7) is 54.7. The number of hydrogen-bond acceptors (Lipinski definition) is 6. The Bertz CT molecular complexity index is 967. The van der Waals surface area contributed by atoms with Crippen molar-refractivity contribution in [1.29, 1.82) is 0 Å². The molecule has 1 aliphatic carbocycles. The van der Waals surface area contributed by atoms with Crippen LogP contribution in [0.25, 0.3) is 0 Å². The SMILES string of the molecule is CC(C)N1CCC(C2(C)CC2)C1.CC1CCN(C(C)C)C1.CCC1CN(C(C)C)CC1C.CN1CCN(C(C)(C)C)CC1.C[C-](C)C1CCN(C(C)C)C1.[Rh]. The third-order valence-electron chi connectivity index (χ3n) is 14.4. The molecule has 5 aliphatic heterocycles. The molecule has 331 valence electrons. The molecule has 6 fully saturated rings. The Labute approximate surface area is 359 Å².